The molecule has 2 N–H and O–H groups in total. The first-order valence-corrected chi connectivity index (χ1v) is 11.9. The SMILES string of the molecule is CCOc1cc(C2/C(=C(\O)c3cc(OC)ccc3Cl)C(=O)C(=O)N2Cc2ccc(OC)cc2)ccc1O. The van der Waals surface area contributed by atoms with E-state index in [9.17, 15) is 19.8 Å². The van der Waals surface area contributed by atoms with Crippen LogP contribution in [0.25, 0.3) is 5.76 Å². The number of nitrogens with zero attached hydrogens (tertiary/aromatic N) is 1. The molecule has 9 heteroatoms. The van der Waals surface area contributed by atoms with Crippen molar-refractivity contribution >= 4 is 29.1 Å². The van der Waals surface area contributed by atoms with E-state index in [0.717, 1.165) is 5.56 Å². The summed E-state index contributed by atoms with van der Waals surface area (Å²) in [4.78, 5) is 28.0. The largest absolute Gasteiger partial charge is 0.507 e. The smallest absolute Gasteiger partial charge is 0.295 e. The van der Waals surface area contributed by atoms with Gasteiger partial charge in [-0.3, -0.25) is 9.59 Å². The molecule has 1 aliphatic heterocycles. The van der Waals surface area contributed by atoms with Gasteiger partial charge in [0.1, 0.15) is 17.3 Å². The van der Waals surface area contributed by atoms with Gasteiger partial charge in [-0.15, -0.1) is 0 Å². The third kappa shape index (κ3) is 5.06. The Balaban J connectivity index is 1.89. The minimum Gasteiger partial charge on any atom is -0.507 e. The molecule has 37 heavy (non-hydrogen) atoms. The number of hydrogen-bond acceptors (Lipinski definition) is 7. The van der Waals surface area contributed by atoms with Gasteiger partial charge in [0.15, 0.2) is 11.5 Å². The summed E-state index contributed by atoms with van der Waals surface area (Å²) >= 11 is 6.36. The number of hydrogen-bond donors (Lipinski definition) is 2. The number of likely N-dealkylation sites (tertiary alicyclic amines) is 1. The van der Waals surface area contributed by atoms with Gasteiger partial charge in [-0.1, -0.05) is 29.8 Å². The van der Waals surface area contributed by atoms with Crippen LogP contribution in [0.3, 0.4) is 0 Å². The molecule has 0 bridgehead atoms. The molecule has 8 nitrogen and oxygen atoms in total. The van der Waals surface area contributed by atoms with Crippen LogP contribution in [0.2, 0.25) is 5.02 Å². The van der Waals surface area contributed by atoms with Crippen LogP contribution < -0.4 is 14.2 Å². The minimum atomic E-state index is -0.982. The topological polar surface area (TPSA) is 106 Å². The van der Waals surface area contributed by atoms with Gasteiger partial charge in [0.05, 0.1) is 37.5 Å². The van der Waals surface area contributed by atoms with Gasteiger partial charge >= 0.3 is 0 Å². The van der Waals surface area contributed by atoms with Gasteiger partial charge in [0.25, 0.3) is 11.7 Å². The van der Waals surface area contributed by atoms with Gasteiger partial charge in [-0.05, 0) is 60.5 Å². The Kier molecular flexibility index (Phi) is 7.59. The van der Waals surface area contributed by atoms with Crippen molar-refractivity contribution in [2.24, 2.45) is 0 Å². The van der Waals surface area contributed by atoms with Crippen molar-refractivity contribution in [3.05, 3.63) is 87.9 Å². The molecule has 1 saturated heterocycles. The highest BCUT2D eigenvalue weighted by atomic mass is 35.5. The number of benzene rings is 3. The second kappa shape index (κ2) is 10.8. The molecule has 3 aromatic rings. The van der Waals surface area contributed by atoms with E-state index < -0.39 is 23.5 Å². The van der Waals surface area contributed by atoms with Crippen molar-refractivity contribution in [1.82, 2.24) is 4.90 Å². The molecule has 1 atom stereocenters. The second-order valence-corrected chi connectivity index (χ2v) is 8.69. The number of methoxy groups -OCH3 is 2. The third-order valence-corrected chi connectivity index (χ3v) is 6.41. The lowest BCUT2D eigenvalue weighted by atomic mass is 9.94. The maximum Gasteiger partial charge on any atom is 0.295 e. The number of aromatic hydroxyl groups is 1. The Hall–Kier alpha value is -4.17. The highest BCUT2D eigenvalue weighted by Gasteiger charge is 2.46. The highest BCUT2D eigenvalue weighted by Crippen LogP contribution is 2.43. The number of rotatable bonds is 8. The van der Waals surface area contributed by atoms with E-state index in [0.29, 0.717) is 23.7 Å². The van der Waals surface area contributed by atoms with Gasteiger partial charge < -0.3 is 29.3 Å². The zero-order chi connectivity index (χ0) is 26.7. The van der Waals surface area contributed by atoms with Gasteiger partial charge in [0.2, 0.25) is 0 Å². The number of carbonyl (C=O) groups excluding carboxylic acids is 2. The lowest BCUT2D eigenvalue weighted by Gasteiger charge is -2.26. The van der Waals surface area contributed by atoms with Crippen LogP contribution in [-0.2, 0) is 16.1 Å². The number of halogens is 1. The van der Waals surface area contributed by atoms with Gasteiger partial charge in [-0.2, -0.15) is 0 Å². The van der Waals surface area contributed by atoms with E-state index in [4.69, 9.17) is 25.8 Å². The van der Waals surface area contributed by atoms with Gasteiger partial charge in [-0.25, -0.2) is 0 Å². The quantitative estimate of drug-likeness (QED) is 0.241. The van der Waals surface area contributed by atoms with Crippen LogP contribution in [0.1, 0.15) is 29.7 Å². The number of phenolic OH excluding ortho intramolecular Hbond substituents is 1. The summed E-state index contributed by atoms with van der Waals surface area (Å²) in [6.07, 6.45) is 0. The zero-order valence-electron chi connectivity index (χ0n) is 20.5. The van der Waals surface area contributed by atoms with Crippen LogP contribution in [0, 0.1) is 0 Å². The number of amides is 1. The first-order chi connectivity index (χ1) is 17.8. The number of carbonyl (C=O) groups is 2. The summed E-state index contributed by atoms with van der Waals surface area (Å²) in [6, 6.07) is 15.3. The Morgan fingerprint density at radius 2 is 1.65 bits per heavy atom. The molecule has 1 fully saturated rings. The molecule has 0 spiro atoms. The lowest BCUT2D eigenvalue weighted by molar-refractivity contribution is -0.140. The molecule has 0 radical (unpaired) electrons. The Morgan fingerprint density at radius 3 is 2.30 bits per heavy atom. The maximum absolute atomic E-state index is 13.4. The molecule has 0 aromatic heterocycles. The predicted octanol–water partition coefficient (Wildman–Crippen LogP) is 5.08. The minimum absolute atomic E-state index is 0.0761. The molecule has 192 valence electrons. The molecular formula is C28H26ClNO7. The average Bonchev–Trinajstić information content (AvgIpc) is 3.15. The number of Topliss-reactive ketones (excluding diaryl/α,β-unsaturated/α-hetero) is 1. The Morgan fingerprint density at radius 1 is 0.973 bits per heavy atom. The van der Waals surface area contributed by atoms with Crippen molar-refractivity contribution in [3.8, 4) is 23.0 Å². The van der Waals surface area contributed by atoms with E-state index in [2.05, 4.69) is 0 Å². The molecule has 1 heterocycles. The second-order valence-electron chi connectivity index (χ2n) is 8.28. The maximum atomic E-state index is 13.4. The van der Waals surface area contributed by atoms with Crippen LogP contribution in [0.15, 0.2) is 66.2 Å². The molecule has 1 aliphatic rings. The lowest BCUT2D eigenvalue weighted by Crippen LogP contribution is -2.29. The van der Waals surface area contributed by atoms with E-state index in [1.54, 1.807) is 56.5 Å². The molecule has 0 saturated carbocycles. The van der Waals surface area contributed by atoms with Crippen molar-refractivity contribution in [2.45, 2.75) is 19.5 Å². The first-order valence-electron chi connectivity index (χ1n) is 11.5. The average molecular weight is 524 g/mol. The fraction of sp³-hybridized carbons (Fsp3) is 0.214. The fourth-order valence-electron chi connectivity index (χ4n) is 4.25. The predicted molar refractivity (Wildman–Crippen MR) is 138 cm³/mol. The number of phenols is 1. The number of aliphatic hydroxyl groups is 1. The number of ketones is 1. The van der Waals surface area contributed by atoms with Crippen molar-refractivity contribution in [3.63, 3.8) is 0 Å². The normalized spacial score (nSPS) is 16.6. The van der Waals surface area contributed by atoms with Crippen molar-refractivity contribution < 1.29 is 34.0 Å². The summed E-state index contributed by atoms with van der Waals surface area (Å²) in [6.45, 7) is 2.14. The molecule has 0 aliphatic carbocycles. The van der Waals surface area contributed by atoms with E-state index >= 15 is 0 Å². The van der Waals surface area contributed by atoms with Crippen molar-refractivity contribution in [1.29, 1.82) is 0 Å². The highest BCUT2D eigenvalue weighted by molar-refractivity contribution is 6.47. The molecular weight excluding hydrogens is 498 g/mol. The summed E-state index contributed by atoms with van der Waals surface area (Å²) in [5.41, 5.74) is 1.23. The Bertz CT molecular complexity index is 1370. The molecule has 1 amide bonds. The summed E-state index contributed by atoms with van der Waals surface area (Å²) in [5, 5.41) is 21.8. The fourth-order valence-corrected chi connectivity index (χ4v) is 4.45. The van der Waals surface area contributed by atoms with Gasteiger partial charge in [0, 0.05) is 12.1 Å². The number of aliphatic hydroxyl groups excluding tert-OH is 1. The molecule has 1 unspecified atom stereocenters. The molecule has 3 aromatic carbocycles. The summed E-state index contributed by atoms with van der Waals surface area (Å²) in [7, 11) is 3.02. The summed E-state index contributed by atoms with van der Waals surface area (Å²) < 4.78 is 16.0. The standard InChI is InChI=1S/C28H26ClNO7/c1-4-37-23-13-17(7-12-22(23)31)25-24(26(32)20-14-19(36-3)10-11-21(20)29)27(33)28(34)30(25)15-16-5-8-18(35-2)9-6-16/h5-14,25,31-32H,4,15H2,1-3H3/b26-24+. The van der Waals surface area contributed by atoms with Crippen LogP contribution in [-0.4, -0.2) is 47.6 Å². The molecule has 4 rings (SSSR count). The van der Waals surface area contributed by atoms with E-state index in [1.165, 1.54) is 30.2 Å². The van der Waals surface area contributed by atoms with Crippen molar-refractivity contribution in [2.75, 3.05) is 20.8 Å². The number of ether oxygens (including phenoxy) is 3. The van der Waals surface area contributed by atoms with Crippen LogP contribution >= 0.6 is 11.6 Å². The van der Waals surface area contributed by atoms with E-state index in [-0.39, 0.29) is 34.2 Å². The first kappa shape index (κ1) is 25.9. The third-order valence-electron chi connectivity index (χ3n) is 6.08. The zero-order valence-corrected chi connectivity index (χ0v) is 21.3. The van der Waals surface area contributed by atoms with E-state index in [1.807, 2.05) is 0 Å². The summed E-state index contributed by atoms with van der Waals surface area (Å²) in [5.74, 6) is -0.917. The monoisotopic (exact) mass is 523 g/mol. The van der Waals surface area contributed by atoms with Crippen LogP contribution in [0.5, 0.6) is 23.0 Å². The van der Waals surface area contributed by atoms with Crippen LogP contribution in [0.4, 0.5) is 0 Å². The Labute approximate surface area is 219 Å².